The standard InChI is InChI=1S/C21H34N2O6/c1-7-20-9-10-21(29-20)13(14(20)18(27)28-8-2)17(26)23(12(3)11-24)15(21)16(25)22-19(4,5)6/h12-15,24H,7-11H2,1-6H3,(H,22,25)/t12-,13+,14-,15?,20+,21?/m1/s1. The Kier molecular flexibility index (Phi) is 5.49. The van der Waals surface area contributed by atoms with Gasteiger partial charge in [0, 0.05) is 5.54 Å². The van der Waals surface area contributed by atoms with Crippen LogP contribution in [0.3, 0.4) is 0 Å². The molecular formula is C21H34N2O6. The summed E-state index contributed by atoms with van der Waals surface area (Å²) in [6, 6.07) is -1.46. The molecule has 3 saturated heterocycles. The number of nitrogens with one attached hydrogen (secondary N) is 1. The Morgan fingerprint density at radius 1 is 1.34 bits per heavy atom. The van der Waals surface area contributed by atoms with Crippen LogP contribution in [0.2, 0.25) is 0 Å². The highest BCUT2D eigenvalue weighted by Gasteiger charge is 2.79. The Labute approximate surface area is 172 Å². The normalized spacial score (nSPS) is 36.9. The van der Waals surface area contributed by atoms with E-state index in [2.05, 4.69) is 5.32 Å². The number of hydrogen-bond acceptors (Lipinski definition) is 6. The van der Waals surface area contributed by atoms with Crippen molar-refractivity contribution in [3.63, 3.8) is 0 Å². The summed E-state index contributed by atoms with van der Waals surface area (Å²) in [5.41, 5.74) is -2.37. The summed E-state index contributed by atoms with van der Waals surface area (Å²) in [5.74, 6) is -2.59. The highest BCUT2D eigenvalue weighted by Crippen LogP contribution is 2.64. The van der Waals surface area contributed by atoms with Gasteiger partial charge in [-0.3, -0.25) is 14.4 Å². The van der Waals surface area contributed by atoms with Gasteiger partial charge in [-0.05, 0) is 53.9 Å². The number of aliphatic hydroxyl groups is 1. The van der Waals surface area contributed by atoms with Gasteiger partial charge in [0.05, 0.1) is 30.8 Å². The summed E-state index contributed by atoms with van der Waals surface area (Å²) < 4.78 is 11.9. The molecule has 164 valence electrons. The molecule has 1 spiro atoms. The number of ether oxygens (including phenoxy) is 2. The van der Waals surface area contributed by atoms with E-state index in [1.807, 2.05) is 27.7 Å². The Morgan fingerprint density at radius 2 is 2.00 bits per heavy atom. The molecule has 0 aromatic heterocycles. The zero-order valence-corrected chi connectivity index (χ0v) is 18.3. The molecule has 0 aromatic carbocycles. The summed E-state index contributed by atoms with van der Waals surface area (Å²) in [6.45, 7) is 10.9. The Balaban J connectivity index is 2.10. The molecule has 0 saturated carbocycles. The van der Waals surface area contributed by atoms with E-state index in [0.717, 1.165) is 0 Å². The lowest BCUT2D eigenvalue weighted by Crippen LogP contribution is -2.60. The third-order valence-electron chi connectivity index (χ3n) is 6.64. The van der Waals surface area contributed by atoms with Gasteiger partial charge in [0.1, 0.15) is 17.6 Å². The van der Waals surface area contributed by atoms with E-state index >= 15 is 0 Å². The van der Waals surface area contributed by atoms with Crippen molar-refractivity contribution in [3.05, 3.63) is 0 Å². The summed E-state index contributed by atoms with van der Waals surface area (Å²) in [4.78, 5) is 41.3. The Morgan fingerprint density at radius 3 is 2.52 bits per heavy atom. The number of amides is 2. The highest BCUT2D eigenvalue weighted by molar-refractivity contribution is 5.98. The van der Waals surface area contributed by atoms with Crippen molar-refractivity contribution in [1.82, 2.24) is 10.2 Å². The van der Waals surface area contributed by atoms with Gasteiger partial charge in [0.2, 0.25) is 11.8 Å². The molecule has 0 aliphatic carbocycles. The first-order valence-corrected chi connectivity index (χ1v) is 10.6. The topological polar surface area (TPSA) is 105 Å². The molecule has 8 nitrogen and oxygen atoms in total. The van der Waals surface area contributed by atoms with E-state index in [4.69, 9.17) is 9.47 Å². The molecule has 2 bridgehead atoms. The lowest BCUT2D eigenvalue weighted by atomic mass is 9.65. The van der Waals surface area contributed by atoms with Gasteiger partial charge in [-0.25, -0.2) is 0 Å². The lowest BCUT2D eigenvalue weighted by molar-refractivity contribution is -0.161. The van der Waals surface area contributed by atoms with Crippen LogP contribution in [0.1, 0.15) is 60.8 Å². The average molecular weight is 411 g/mol. The van der Waals surface area contributed by atoms with Gasteiger partial charge < -0.3 is 24.8 Å². The number of carbonyl (C=O) groups is 3. The van der Waals surface area contributed by atoms with E-state index in [1.165, 1.54) is 4.90 Å². The molecule has 6 atom stereocenters. The zero-order valence-electron chi connectivity index (χ0n) is 18.3. The molecule has 3 aliphatic rings. The maximum Gasteiger partial charge on any atom is 0.312 e. The van der Waals surface area contributed by atoms with Crippen molar-refractivity contribution < 1.29 is 29.0 Å². The number of carbonyl (C=O) groups excluding carboxylic acids is 3. The van der Waals surface area contributed by atoms with Crippen LogP contribution in [-0.4, -0.2) is 69.8 Å². The molecule has 2 amide bonds. The molecule has 2 N–H and O–H groups in total. The van der Waals surface area contributed by atoms with Gasteiger partial charge in [-0.2, -0.15) is 0 Å². The van der Waals surface area contributed by atoms with Crippen LogP contribution in [-0.2, 0) is 23.9 Å². The number of aliphatic hydroxyl groups excluding tert-OH is 1. The van der Waals surface area contributed by atoms with Crippen molar-refractivity contribution in [1.29, 1.82) is 0 Å². The van der Waals surface area contributed by atoms with E-state index in [9.17, 15) is 19.5 Å². The van der Waals surface area contributed by atoms with Crippen LogP contribution >= 0.6 is 0 Å². The van der Waals surface area contributed by atoms with Gasteiger partial charge >= 0.3 is 5.97 Å². The summed E-state index contributed by atoms with van der Waals surface area (Å²) in [7, 11) is 0. The van der Waals surface area contributed by atoms with Crippen LogP contribution in [0.15, 0.2) is 0 Å². The zero-order chi connectivity index (χ0) is 21.8. The summed E-state index contributed by atoms with van der Waals surface area (Å²) in [6.07, 6.45) is 1.67. The molecule has 29 heavy (non-hydrogen) atoms. The molecule has 0 aromatic rings. The Bertz CT molecular complexity index is 704. The maximum atomic E-state index is 13.6. The fourth-order valence-corrected chi connectivity index (χ4v) is 5.55. The number of rotatable bonds is 6. The summed E-state index contributed by atoms with van der Waals surface area (Å²) in [5, 5.41) is 12.7. The third-order valence-corrected chi connectivity index (χ3v) is 6.64. The molecule has 0 radical (unpaired) electrons. The fourth-order valence-electron chi connectivity index (χ4n) is 5.55. The fraction of sp³-hybridized carbons (Fsp3) is 0.857. The number of fused-ring (bicyclic) bond motifs is 1. The van der Waals surface area contributed by atoms with Crippen molar-refractivity contribution in [2.45, 2.75) is 89.6 Å². The number of esters is 1. The molecule has 2 unspecified atom stereocenters. The van der Waals surface area contributed by atoms with Crippen molar-refractivity contribution in [2.24, 2.45) is 11.8 Å². The minimum atomic E-state index is -1.08. The first-order valence-electron chi connectivity index (χ1n) is 10.6. The first kappa shape index (κ1) is 22.0. The molecule has 3 heterocycles. The second-order valence-electron chi connectivity index (χ2n) is 9.60. The van der Waals surface area contributed by atoms with Crippen molar-refractivity contribution in [3.8, 4) is 0 Å². The quantitative estimate of drug-likeness (QED) is 0.633. The van der Waals surface area contributed by atoms with E-state index in [-0.39, 0.29) is 25.0 Å². The van der Waals surface area contributed by atoms with Gasteiger partial charge in [0.15, 0.2) is 0 Å². The predicted molar refractivity (Wildman–Crippen MR) is 105 cm³/mol. The molecular weight excluding hydrogens is 376 g/mol. The molecule has 8 heteroatoms. The van der Waals surface area contributed by atoms with E-state index < -0.39 is 46.6 Å². The minimum absolute atomic E-state index is 0.216. The first-order chi connectivity index (χ1) is 13.5. The maximum absolute atomic E-state index is 13.6. The second kappa shape index (κ2) is 7.23. The smallest absolute Gasteiger partial charge is 0.312 e. The van der Waals surface area contributed by atoms with Crippen LogP contribution in [0.25, 0.3) is 0 Å². The van der Waals surface area contributed by atoms with E-state index in [0.29, 0.717) is 19.3 Å². The highest BCUT2D eigenvalue weighted by atomic mass is 16.6. The van der Waals surface area contributed by atoms with Gasteiger partial charge in [-0.15, -0.1) is 0 Å². The van der Waals surface area contributed by atoms with Gasteiger partial charge in [0.25, 0.3) is 0 Å². The van der Waals surface area contributed by atoms with Crippen molar-refractivity contribution >= 4 is 17.8 Å². The molecule has 3 aliphatic heterocycles. The van der Waals surface area contributed by atoms with Crippen molar-refractivity contribution in [2.75, 3.05) is 13.2 Å². The number of likely N-dealkylation sites (tertiary alicyclic amines) is 1. The molecule has 3 fully saturated rings. The second-order valence-corrected chi connectivity index (χ2v) is 9.60. The average Bonchev–Trinajstić information content (AvgIpc) is 3.23. The minimum Gasteiger partial charge on any atom is -0.466 e. The van der Waals surface area contributed by atoms with Crippen LogP contribution in [0, 0.1) is 11.8 Å². The molecule has 3 rings (SSSR count). The third kappa shape index (κ3) is 3.15. The van der Waals surface area contributed by atoms with Crippen LogP contribution in [0.5, 0.6) is 0 Å². The lowest BCUT2D eigenvalue weighted by Gasteiger charge is -2.37. The monoisotopic (exact) mass is 410 g/mol. The number of nitrogens with zero attached hydrogens (tertiary/aromatic N) is 1. The number of hydrogen-bond donors (Lipinski definition) is 2. The Hall–Kier alpha value is -1.67. The van der Waals surface area contributed by atoms with E-state index in [1.54, 1.807) is 13.8 Å². The predicted octanol–water partition coefficient (Wildman–Crippen LogP) is 1.000. The summed E-state index contributed by atoms with van der Waals surface area (Å²) >= 11 is 0. The van der Waals surface area contributed by atoms with Gasteiger partial charge in [-0.1, -0.05) is 6.92 Å². The van der Waals surface area contributed by atoms with Crippen LogP contribution in [0.4, 0.5) is 0 Å². The van der Waals surface area contributed by atoms with Crippen LogP contribution < -0.4 is 5.32 Å². The largest absolute Gasteiger partial charge is 0.466 e. The SMILES string of the molecule is CCOC(=O)[C@H]1[C@H]2C(=O)N([C@H](C)CO)C(C(=O)NC(C)(C)C)C23CC[C@]1(CC)O3.